The van der Waals surface area contributed by atoms with Gasteiger partial charge >= 0.3 is 0 Å². The second-order valence-corrected chi connectivity index (χ2v) is 3.48. The quantitative estimate of drug-likeness (QED) is 0.531. The number of benzene rings is 1. The van der Waals surface area contributed by atoms with E-state index in [1.807, 2.05) is 6.07 Å². The van der Waals surface area contributed by atoms with Crippen molar-refractivity contribution in [2.24, 2.45) is 5.84 Å². The number of aromatic nitrogens is 1. The Kier molecular flexibility index (Phi) is 2.09. The summed E-state index contributed by atoms with van der Waals surface area (Å²) in [4.78, 5) is 4.32. The van der Waals surface area contributed by atoms with Gasteiger partial charge in [-0.2, -0.15) is 0 Å². The van der Waals surface area contributed by atoms with Gasteiger partial charge in [-0.25, -0.2) is 0 Å². The molecule has 1 heterocycles. The van der Waals surface area contributed by atoms with Crippen LogP contribution in [0.3, 0.4) is 0 Å². The molecule has 0 atom stereocenters. The fourth-order valence-corrected chi connectivity index (χ4v) is 1.79. The minimum Gasteiger partial charge on any atom is -0.323 e. The Balaban J connectivity index is 2.87. The van der Waals surface area contributed by atoms with Gasteiger partial charge in [0.2, 0.25) is 0 Å². The lowest BCUT2D eigenvalue weighted by Crippen LogP contribution is -2.07. The second-order valence-electron chi connectivity index (χ2n) is 3.48. The predicted octanol–water partition coefficient (Wildman–Crippen LogP) is 2.14. The van der Waals surface area contributed by atoms with E-state index in [2.05, 4.69) is 36.4 Å². The van der Waals surface area contributed by atoms with Crippen molar-refractivity contribution in [2.75, 3.05) is 5.43 Å². The van der Waals surface area contributed by atoms with Gasteiger partial charge in [0.1, 0.15) is 0 Å². The standard InChI is InChI=1S/C11H13N3/c1-7-5-8(2)11-9(14-12)3-4-13-10(11)6-7/h3-6H,12H2,1-2H3,(H,13,14). The van der Waals surface area contributed by atoms with Gasteiger partial charge < -0.3 is 5.43 Å². The van der Waals surface area contributed by atoms with Crippen LogP contribution in [0.2, 0.25) is 0 Å². The summed E-state index contributed by atoms with van der Waals surface area (Å²) in [6, 6.07) is 6.07. The Bertz CT molecular complexity index is 477. The van der Waals surface area contributed by atoms with Gasteiger partial charge in [0.15, 0.2) is 0 Å². The van der Waals surface area contributed by atoms with Crippen molar-refractivity contribution in [3.8, 4) is 0 Å². The number of pyridine rings is 1. The number of hydrogen-bond donors (Lipinski definition) is 2. The Hall–Kier alpha value is -1.61. The van der Waals surface area contributed by atoms with E-state index in [9.17, 15) is 0 Å². The third-order valence-corrected chi connectivity index (χ3v) is 2.34. The number of fused-ring (bicyclic) bond motifs is 1. The van der Waals surface area contributed by atoms with E-state index < -0.39 is 0 Å². The average molecular weight is 187 g/mol. The number of hydrogen-bond acceptors (Lipinski definition) is 3. The summed E-state index contributed by atoms with van der Waals surface area (Å²) in [5.74, 6) is 5.45. The predicted molar refractivity (Wildman–Crippen MR) is 59.0 cm³/mol. The fraction of sp³-hybridized carbons (Fsp3) is 0.182. The molecule has 0 saturated heterocycles. The van der Waals surface area contributed by atoms with Gasteiger partial charge in [0.25, 0.3) is 0 Å². The first-order chi connectivity index (χ1) is 6.72. The number of aryl methyl sites for hydroxylation is 2. The third-order valence-electron chi connectivity index (χ3n) is 2.34. The number of nitrogens with two attached hydrogens (primary N) is 1. The summed E-state index contributed by atoms with van der Waals surface area (Å²) in [5.41, 5.74) is 7.01. The molecule has 1 aromatic heterocycles. The Labute approximate surface area is 82.9 Å². The minimum absolute atomic E-state index is 0.924. The first-order valence-electron chi connectivity index (χ1n) is 4.55. The molecule has 0 spiro atoms. The fourth-order valence-electron chi connectivity index (χ4n) is 1.79. The smallest absolute Gasteiger partial charge is 0.0728 e. The van der Waals surface area contributed by atoms with Crippen molar-refractivity contribution in [2.45, 2.75) is 13.8 Å². The van der Waals surface area contributed by atoms with Gasteiger partial charge in [-0.15, -0.1) is 0 Å². The topological polar surface area (TPSA) is 50.9 Å². The van der Waals surface area contributed by atoms with Gasteiger partial charge in [-0.05, 0) is 37.1 Å². The number of hydrazine groups is 1. The number of nitrogens with zero attached hydrogens (tertiary/aromatic N) is 1. The second kappa shape index (κ2) is 3.27. The van der Waals surface area contributed by atoms with Crippen molar-refractivity contribution in [3.63, 3.8) is 0 Å². The molecule has 0 amide bonds. The van der Waals surface area contributed by atoms with Crippen LogP contribution < -0.4 is 11.3 Å². The first-order valence-corrected chi connectivity index (χ1v) is 4.55. The summed E-state index contributed by atoms with van der Waals surface area (Å²) in [6.07, 6.45) is 1.76. The molecule has 0 unspecified atom stereocenters. The molecule has 2 rings (SSSR count). The molecule has 3 N–H and O–H groups in total. The van der Waals surface area contributed by atoms with Crippen LogP contribution in [0.1, 0.15) is 11.1 Å². The van der Waals surface area contributed by atoms with Gasteiger partial charge in [0, 0.05) is 11.6 Å². The number of anilines is 1. The monoisotopic (exact) mass is 187 g/mol. The van der Waals surface area contributed by atoms with Crippen molar-refractivity contribution < 1.29 is 0 Å². The van der Waals surface area contributed by atoms with Crippen LogP contribution in [0.25, 0.3) is 10.9 Å². The molecule has 0 saturated carbocycles. The normalized spacial score (nSPS) is 10.5. The molecule has 0 radical (unpaired) electrons. The highest BCUT2D eigenvalue weighted by Crippen LogP contribution is 2.25. The average Bonchev–Trinajstić information content (AvgIpc) is 2.16. The van der Waals surface area contributed by atoms with Crippen LogP contribution >= 0.6 is 0 Å². The van der Waals surface area contributed by atoms with Crippen LogP contribution in [-0.2, 0) is 0 Å². The van der Waals surface area contributed by atoms with Crippen molar-refractivity contribution >= 4 is 16.6 Å². The first kappa shape index (κ1) is 8.97. The van der Waals surface area contributed by atoms with E-state index in [4.69, 9.17) is 5.84 Å². The summed E-state index contributed by atoms with van der Waals surface area (Å²) in [7, 11) is 0. The third kappa shape index (κ3) is 1.32. The van der Waals surface area contributed by atoms with Crippen LogP contribution in [0.4, 0.5) is 5.69 Å². The lowest BCUT2D eigenvalue weighted by molar-refractivity contribution is 1.31. The van der Waals surface area contributed by atoms with Gasteiger partial charge in [0.05, 0.1) is 11.2 Å². The highest BCUT2D eigenvalue weighted by Gasteiger charge is 2.04. The molecular weight excluding hydrogens is 174 g/mol. The van der Waals surface area contributed by atoms with E-state index in [0.29, 0.717) is 0 Å². The maximum Gasteiger partial charge on any atom is 0.0728 e. The molecule has 0 fully saturated rings. The number of nitrogens with one attached hydrogen (secondary N) is 1. The van der Waals surface area contributed by atoms with Gasteiger partial charge in [-0.1, -0.05) is 6.07 Å². The van der Waals surface area contributed by atoms with Crippen molar-refractivity contribution in [3.05, 3.63) is 35.5 Å². The van der Waals surface area contributed by atoms with Crippen LogP contribution in [-0.4, -0.2) is 4.98 Å². The molecule has 3 nitrogen and oxygen atoms in total. The zero-order chi connectivity index (χ0) is 10.1. The van der Waals surface area contributed by atoms with E-state index in [0.717, 1.165) is 16.6 Å². The molecule has 0 aliphatic carbocycles. The Morgan fingerprint density at radius 3 is 2.79 bits per heavy atom. The number of rotatable bonds is 1. The Morgan fingerprint density at radius 2 is 2.07 bits per heavy atom. The van der Waals surface area contributed by atoms with E-state index in [1.54, 1.807) is 6.20 Å². The summed E-state index contributed by atoms with van der Waals surface area (Å²) in [6.45, 7) is 4.13. The molecule has 3 heteroatoms. The molecule has 0 aliphatic rings. The highest BCUT2D eigenvalue weighted by molar-refractivity contribution is 5.94. The van der Waals surface area contributed by atoms with E-state index >= 15 is 0 Å². The van der Waals surface area contributed by atoms with Gasteiger partial charge in [-0.3, -0.25) is 10.8 Å². The zero-order valence-corrected chi connectivity index (χ0v) is 8.33. The SMILES string of the molecule is Cc1cc(C)c2c(NN)ccnc2c1. The molecular formula is C11H13N3. The highest BCUT2D eigenvalue weighted by atomic mass is 15.2. The molecule has 14 heavy (non-hydrogen) atoms. The number of nitrogen functional groups attached to an aromatic ring is 1. The molecule has 2 aromatic rings. The van der Waals surface area contributed by atoms with Crippen LogP contribution in [0, 0.1) is 13.8 Å². The minimum atomic E-state index is 0.924. The molecule has 72 valence electrons. The maximum absolute atomic E-state index is 5.45. The van der Waals surface area contributed by atoms with Crippen LogP contribution in [0.5, 0.6) is 0 Å². The maximum atomic E-state index is 5.45. The molecule has 1 aromatic carbocycles. The Morgan fingerprint density at radius 1 is 1.29 bits per heavy atom. The lowest BCUT2D eigenvalue weighted by Gasteiger charge is -2.08. The summed E-state index contributed by atoms with van der Waals surface area (Å²) in [5, 5.41) is 1.10. The van der Waals surface area contributed by atoms with E-state index in [-0.39, 0.29) is 0 Å². The lowest BCUT2D eigenvalue weighted by atomic mass is 10.1. The molecule has 0 aliphatic heterocycles. The largest absolute Gasteiger partial charge is 0.323 e. The van der Waals surface area contributed by atoms with E-state index in [1.165, 1.54) is 11.1 Å². The van der Waals surface area contributed by atoms with Crippen LogP contribution in [0.15, 0.2) is 24.4 Å². The molecule has 0 bridgehead atoms. The summed E-state index contributed by atoms with van der Waals surface area (Å²) >= 11 is 0. The zero-order valence-electron chi connectivity index (χ0n) is 8.33. The summed E-state index contributed by atoms with van der Waals surface area (Å²) < 4.78 is 0. The van der Waals surface area contributed by atoms with Crippen molar-refractivity contribution in [1.29, 1.82) is 0 Å². The van der Waals surface area contributed by atoms with Crippen molar-refractivity contribution in [1.82, 2.24) is 4.98 Å².